The number of imide groups is 1. The summed E-state index contributed by atoms with van der Waals surface area (Å²) in [4.78, 5) is 26.0. The van der Waals surface area contributed by atoms with E-state index in [2.05, 4.69) is 15.5 Å². The van der Waals surface area contributed by atoms with Crippen LogP contribution < -0.4 is 0 Å². The number of amides is 2. The highest BCUT2D eigenvalue weighted by Crippen LogP contribution is 2.23. The largest absolute Gasteiger partial charge is 0.274 e. The molecule has 0 fully saturated rings. The van der Waals surface area contributed by atoms with Crippen molar-refractivity contribution in [2.45, 2.75) is 18.6 Å². The first-order chi connectivity index (χ1) is 13.8. The zero-order chi connectivity index (χ0) is 19.3. The summed E-state index contributed by atoms with van der Waals surface area (Å²) in [7, 11) is 0. The molecule has 0 radical (unpaired) electrons. The number of carbonyl (C=O) groups excluding carboxylic acids is 2. The molecular formula is C20H19N5O2S. The van der Waals surface area contributed by atoms with Gasteiger partial charge in [0.1, 0.15) is 0 Å². The molecule has 0 unspecified atom stereocenters. The van der Waals surface area contributed by atoms with Crippen LogP contribution in [0.25, 0.3) is 5.69 Å². The maximum atomic E-state index is 12.3. The van der Waals surface area contributed by atoms with Gasteiger partial charge in [0.15, 0.2) is 5.82 Å². The van der Waals surface area contributed by atoms with E-state index in [9.17, 15) is 9.59 Å². The summed E-state index contributed by atoms with van der Waals surface area (Å²) in [6.07, 6.45) is 1.69. The molecule has 1 aliphatic rings. The Morgan fingerprint density at radius 2 is 1.54 bits per heavy atom. The lowest BCUT2D eigenvalue weighted by molar-refractivity contribution is 0.0652. The average molecular weight is 393 g/mol. The number of benzene rings is 2. The molecule has 0 N–H and O–H groups in total. The maximum Gasteiger partial charge on any atom is 0.261 e. The molecule has 2 amide bonds. The number of hydrogen-bond acceptors (Lipinski definition) is 6. The van der Waals surface area contributed by atoms with Crippen LogP contribution in [0.3, 0.4) is 0 Å². The molecule has 0 spiro atoms. The summed E-state index contributed by atoms with van der Waals surface area (Å²) in [6, 6.07) is 16.8. The van der Waals surface area contributed by atoms with Gasteiger partial charge >= 0.3 is 0 Å². The SMILES string of the molecule is O=C1c2ccccc2C(=O)N1CCCCSCc1nnnn1-c1ccccc1. The summed E-state index contributed by atoms with van der Waals surface area (Å²) >= 11 is 1.74. The van der Waals surface area contributed by atoms with Crippen LogP contribution in [0.15, 0.2) is 54.6 Å². The molecule has 4 rings (SSSR count). The number of nitrogens with zero attached hydrogens (tertiary/aromatic N) is 5. The highest BCUT2D eigenvalue weighted by atomic mass is 32.2. The minimum atomic E-state index is -0.185. The van der Waals surface area contributed by atoms with Gasteiger partial charge in [-0.1, -0.05) is 30.3 Å². The number of rotatable bonds is 8. The zero-order valence-electron chi connectivity index (χ0n) is 15.2. The third-order valence-corrected chi connectivity index (χ3v) is 5.60. The normalized spacial score (nSPS) is 13.2. The van der Waals surface area contributed by atoms with Gasteiger partial charge in [-0.25, -0.2) is 0 Å². The van der Waals surface area contributed by atoms with E-state index in [0.717, 1.165) is 30.1 Å². The van der Waals surface area contributed by atoms with Crippen molar-refractivity contribution in [3.05, 3.63) is 71.5 Å². The number of aromatic nitrogens is 4. The molecule has 0 atom stereocenters. The van der Waals surface area contributed by atoms with E-state index in [1.165, 1.54) is 4.90 Å². The number of para-hydroxylation sites is 1. The fourth-order valence-corrected chi connectivity index (χ4v) is 4.06. The quantitative estimate of drug-likeness (QED) is 0.432. The van der Waals surface area contributed by atoms with Gasteiger partial charge in [-0.3, -0.25) is 14.5 Å². The molecule has 1 aromatic heterocycles. The molecule has 142 valence electrons. The second-order valence-corrected chi connectivity index (χ2v) is 7.51. The van der Waals surface area contributed by atoms with E-state index in [-0.39, 0.29) is 11.8 Å². The third kappa shape index (κ3) is 3.68. The van der Waals surface area contributed by atoms with Crippen molar-refractivity contribution in [3.8, 4) is 5.69 Å². The predicted octanol–water partition coefficient (Wildman–Crippen LogP) is 2.97. The van der Waals surface area contributed by atoms with Gasteiger partial charge in [0, 0.05) is 6.54 Å². The molecular weight excluding hydrogens is 374 g/mol. The number of thioether (sulfide) groups is 1. The van der Waals surface area contributed by atoms with Crippen molar-refractivity contribution < 1.29 is 9.59 Å². The van der Waals surface area contributed by atoms with Gasteiger partial charge in [-0.15, -0.1) is 5.10 Å². The molecule has 2 aromatic carbocycles. The van der Waals surface area contributed by atoms with Gasteiger partial charge in [0.05, 0.1) is 22.6 Å². The Labute approximate surface area is 166 Å². The Bertz CT molecular complexity index is 954. The third-order valence-electron chi connectivity index (χ3n) is 4.56. The molecule has 0 aliphatic carbocycles. The van der Waals surface area contributed by atoms with E-state index >= 15 is 0 Å². The highest BCUT2D eigenvalue weighted by Gasteiger charge is 2.34. The van der Waals surface area contributed by atoms with Gasteiger partial charge in [0.25, 0.3) is 11.8 Å². The average Bonchev–Trinajstić information content (AvgIpc) is 3.30. The zero-order valence-corrected chi connectivity index (χ0v) is 16.0. The topological polar surface area (TPSA) is 81.0 Å². The molecule has 7 nitrogen and oxygen atoms in total. The van der Waals surface area contributed by atoms with Crippen molar-refractivity contribution in [3.63, 3.8) is 0 Å². The van der Waals surface area contributed by atoms with Gasteiger partial charge in [-0.2, -0.15) is 16.4 Å². The Kier molecular flexibility index (Phi) is 5.48. The van der Waals surface area contributed by atoms with Gasteiger partial charge in [0.2, 0.25) is 0 Å². The van der Waals surface area contributed by atoms with Crippen molar-refractivity contribution in [2.24, 2.45) is 0 Å². The van der Waals surface area contributed by atoms with Crippen LogP contribution >= 0.6 is 11.8 Å². The smallest absolute Gasteiger partial charge is 0.261 e. The number of fused-ring (bicyclic) bond motifs is 1. The maximum absolute atomic E-state index is 12.3. The number of carbonyl (C=O) groups is 2. The summed E-state index contributed by atoms with van der Waals surface area (Å²) in [5.41, 5.74) is 1.96. The lowest BCUT2D eigenvalue weighted by atomic mass is 10.1. The minimum absolute atomic E-state index is 0.185. The Balaban J connectivity index is 1.22. The molecule has 1 aliphatic heterocycles. The second kappa shape index (κ2) is 8.35. The van der Waals surface area contributed by atoms with Crippen LogP contribution in [0.5, 0.6) is 0 Å². The molecule has 28 heavy (non-hydrogen) atoms. The summed E-state index contributed by atoms with van der Waals surface area (Å²) < 4.78 is 1.74. The van der Waals surface area contributed by atoms with E-state index in [1.54, 1.807) is 40.7 Å². The van der Waals surface area contributed by atoms with Crippen LogP contribution in [0.2, 0.25) is 0 Å². The summed E-state index contributed by atoms with van der Waals surface area (Å²) in [5.74, 6) is 2.04. The lowest BCUT2D eigenvalue weighted by Crippen LogP contribution is -2.30. The van der Waals surface area contributed by atoms with Gasteiger partial charge in [-0.05, 0) is 53.3 Å². The predicted molar refractivity (Wildman–Crippen MR) is 106 cm³/mol. The summed E-state index contributed by atoms with van der Waals surface area (Å²) in [6.45, 7) is 0.453. The first kappa shape index (κ1) is 18.4. The van der Waals surface area contributed by atoms with Crippen molar-refractivity contribution in [1.29, 1.82) is 0 Å². The Morgan fingerprint density at radius 3 is 2.25 bits per heavy atom. The molecule has 2 heterocycles. The Morgan fingerprint density at radius 1 is 0.857 bits per heavy atom. The van der Waals surface area contributed by atoms with Crippen LogP contribution in [0.1, 0.15) is 39.4 Å². The van der Waals surface area contributed by atoms with Gasteiger partial charge < -0.3 is 0 Å². The first-order valence-electron chi connectivity index (χ1n) is 9.11. The van der Waals surface area contributed by atoms with Crippen molar-refractivity contribution in [1.82, 2.24) is 25.1 Å². The monoisotopic (exact) mass is 393 g/mol. The lowest BCUT2D eigenvalue weighted by Gasteiger charge is -2.13. The molecule has 0 saturated heterocycles. The van der Waals surface area contributed by atoms with Crippen LogP contribution in [-0.4, -0.2) is 49.2 Å². The number of tetrazole rings is 1. The van der Waals surface area contributed by atoms with E-state index in [4.69, 9.17) is 0 Å². The first-order valence-corrected chi connectivity index (χ1v) is 10.3. The molecule has 0 bridgehead atoms. The minimum Gasteiger partial charge on any atom is -0.274 e. The van der Waals surface area contributed by atoms with Crippen LogP contribution in [0.4, 0.5) is 0 Å². The number of hydrogen-bond donors (Lipinski definition) is 0. The fourth-order valence-electron chi connectivity index (χ4n) is 3.15. The van der Waals surface area contributed by atoms with Crippen LogP contribution in [0, 0.1) is 0 Å². The van der Waals surface area contributed by atoms with E-state index < -0.39 is 0 Å². The standard InChI is InChI=1S/C20H19N5O2S/c26-19-16-10-4-5-11-17(16)20(27)24(19)12-6-7-13-28-14-18-21-22-23-25(18)15-8-2-1-3-9-15/h1-5,8-11H,6-7,12-14H2. The summed E-state index contributed by atoms with van der Waals surface area (Å²) in [5, 5.41) is 11.9. The van der Waals surface area contributed by atoms with E-state index in [0.29, 0.717) is 23.4 Å². The van der Waals surface area contributed by atoms with E-state index in [1.807, 2.05) is 30.3 Å². The second-order valence-electron chi connectivity index (χ2n) is 6.41. The van der Waals surface area contributed by atoms with Crippen molar-refractivity contribution in [2.75, 3.05) is 12.3 Å². The molecule has 0 saturated carbocycles. The van der Waals surface area contributed by atoms with Crippen LogP contribution in [-0.2, 0) is 5.75 Å². The Hall–Kier alpha value is -3.00. The highest BCUT2D eigenvalue weighted by molar-refractivity contribution is 7.98. The molecule has 3 aromatic rings. The van der Waals surface area contributed by atoms with Crippen molar-refractivity contribution >= 4 is 23.6 Å². The fraction of sp³-hybridized carbons (Fsp3) is 0.250. The number of unbranched alkanes of at least 4 members (excludes halogenated alkanes) is 1. The molecule has 8 heteroatoms.